The molecule has 2 atom stereocenters. The number of aliphatic carboxylic acids is 1. The summed E-state index contributed by atoms with van der Waals surface area (Å²) in [5.74, 6) is -1.30. The van der Waals surface area contributed by atoms with E-state index in [-0.39, 0.29) is 36.9 Å². The molecule has 3 rings (SSSR count). The average molecular weight is 426 g/mol. The first-order valence-electron chi connectivity index (χ1n) is 10.1. The molecule has 0 bridgehead atoms. The van der Waals surface area contributed by atoms with Gasteiger partial charge in [-0.05, 0) is 17.5 Å². The van der Waals surface area contributed by atoms with Crippen LogP contribution in [0.5, 0.6) is 0 Å². The van der Waals surface area contributed by atoms with Crippen molar-refractivity contribution in [2.45, 2.75) is 43.9 Å². The maximum Gasteiger partial charge on any atom is 0.416 e. The average Bonchev–Trinajstić information content (AvgIpc) is 3.08. The number of rotatable bonds is 8. The number of carboxylic acid groups (broad SMARTS) is 1. The van der Waals surface area contributed by atoms with Gasteiger partial charge in [0.1, 0.15) is 6.61 Å². The lowest BCUT2D eigenvalue weighted by molar-refractivity contribution is -0.137. The molecule has 1 aliphatic rings. The summed E-state index contributed by atoms with van der Waals surface area (Å²) in [5, 5.41) is 10.6. The monoisotopic (exact) mass is 425 g/mol. The van der Waals surface area contributed by atoms with E-state index in [0.717, 1.165) is 10.8 Å². The molecule has 0 aromatic heterocycles. The van der Waals surface area contributed by atoms with Crippen LogP contribution in [0.2, 0.25) is 18.6 Å². The first kappa shape index (κ1) is 21.8. The second-order valence-corrected chi connectivity index (χ2v) is 13.1. The Labute approximate surface area is 177 Å². The minimum Gasteiger partial charge on any atom is -0.481 e. The Morgan fingerprint density at radius 3 is 2.27 bits per heavy atom. The molecule has 1 fully saturated rings. The highest BCUT2D eigenvalue weighted by molar-refractivity contribution is 6.91. The van der Waals surface area contributed by atoms with Crippen molar-refractivity contribution in [3.63, 3.8) is 0 Å². The zero-order valence-corrected chi connectivity index (χ0v) is 18.3. The summed E-state index contributed by atoms with van der Waals surface area (Å²) >= 11 is 0. The highest BCUT2D eigenvalue weighted by Gasteiger charge is 2.42. The summed E-state index contributed by atoms with van der Waals surface area (Å²) in [5.41, 5.74) is 0.676. The minimum absolute atomic E-state index is 0.0147. The van der Waals surface area contributed by atoms with Gasteiger partial charge in [-0.15, -0.1) is 0 Å². The predicted octanol–water partition coefficient (Wildman–Crippen LogP) is 3.43. The number of benzene rings is 2. The second kappa shape index (κ2) is 9.26. The summed E-state index contributed by atoms with van der Waals surface area (Å²) in [6.45, 7) is 4.31. The summed E-state index contributed by atoms with van der Waals surface area (Å²) in [6, 6.07) is 19.0. The van der Waals surface area contributed by atoms with Crippen molar-refractivity contribution in [1.82, 2.24) is 4.90 Å². The molecule has 7 heteroatoms. The molecule has 0 aliphatic carbocycles. The smallest absolute Gasteiger partial charge is 0.416 e. The van der Waals surface area contributed by atoms with Crippen LogP contribution in [0, 0.1) is 0 Å². The SMILES string of the molecule is C[Si](C)(c1ccccc1)[C@H](CC(=O)O)CC(=O)N1C(=O)OC[C@@H]1Cc1ccccc1. The lowest BCUT2D eigenvalue weighted by atomic mass is 10.1. The molecule has 0 saturated carbocycles. The van der Waals surface area contributed by atoms with Gasteiger partial charge in [-0.25, -0.2) is 9.69 Å². The second-order valence-electron chi connectivity index (χ2n) is 8.27. The van der Waals surface area contributed by atoms with Crippen molar-refractivity contribution >= 4 is 31.2 Å². The van der Waals surface area contributed by atoms with E-state index in [2.05, 4.69) is 13.1 Å². The van der Waals surface area contributed by atoms with Crippen LogP contribution in [0.4, 0.5) is 4.79 Å². The molecule has 2 aromatic carbocycles. The number of imide groups is 1. The number of ether oxygens (including phenoxy) is 1. The van der Waals surface area contributed by atoms with Crippen LogP contribution in [0.25, 0.3) is 0 Å². The van der Waals surface area contributed by atoms with E-state index in [9.17, 15) is 19.5 Å². The van der Waals surface area contributed by atoms with Crippen LogP contribution in [0.3, 0.4) is 0 Å². The molecule has 0 spiro atoms. The quantitative estimate of drug-likeness (QED) is 0.655. The maximum atomic E-state index is 13.2. The van der Waals surface area contributed by atoms with Gasteiger partial charge in [0.05, 0.1) is 14.1 Å². The van der Waals surface area contributed by atoms with Crippen molar-refractivity contribution in [3.05, 3.63) is 66.2 Å². The van der Waals surface area contributed by atoms with Crippen molar-refractivity contribution in [1.29, 1.82) is 0 Å². The van der Waals surface area contributed by atoms with Crippen LogP contribution in [-0.2, 0) is 20.7 Å². The number of hydrogen-bond acceptors (Lipinski definition) is 4. The van der Waals surface area contributed by atoms with Crippen LogP contribution in [0.1, 0.15) is 18.4 Å². The summed E-state index contributed by atoms with van der Waals surface area (Å²) in [7, 11) is -2.28. The Balaban J connectivity index is 1.80. The molecule has 1 saturated heterocycles. The highest BCUT2D eigenvalue weighted by Crippen LogP contribution is 2.31. The lowest BCUT2D eigenvalue weighted by Crippen LogP contribution is -2.49. The third-order valence-electron chi connectivity index (χ3n) is 5.92. The van der Waals surface area contributed by atoms with Gasteiger partial charge in [0.15, 0.2) is 0 Å². The van der Waals surface area contributed by atoms with E-state index in [1.807, 2.05) is 60.7 Å². The van der Waals surface area contributed by atoms with E-state index >= 15 is 0 Å². The molecule has 1 N–H and O–H groups in total. The minimum atomic E-state index is -2.28. The topological polar surface area (TPSA) is 83.9 Å². The molecule has 0 radical (unpaired) electrons. The predicted molar refractivity (Wildman–Crippen MR) is 116 cm³/mol. The van der Waals surface area contributed by atoms with Gasteiger partial charge >= 0.3 is 12.1 Å². The molecule has 30 heavy (non-hydrogen) atoms. The van der Waals surface area contributed by atoms with Crippen molar-refractivity contribution in [2.24, 2.45) is 0 Å². The summed E-state index contributed by atoms with van der Waals surface area (Å²) < 4.78 is 5.17. The van der Waals surface area contributed by atoms with E-state index in [1.54, 1.807) is 0 Å². The van der Waals surface area contributed by atoms with Crippen molar-refractivity contribution < 1.29 is 24.2 Å². The maximum absolute atomic E-state index is 13.2. The number of hydrogen-bond donors (Lipinski definition) is 1. The van der Waals surface area contributed by atoms with E-state index < -0.39 is 20.1 Å². The van der Waals surface area contributed by atoms with Crippen LogP contribution >= 0.6 is 0 Å². The van der Waals surface area contributed by atoms with E-state index in [0.29, 0.717) is 6.42 Å². The molecule has 1 heterocycles. The van der Waals surface area contributed by atoms with Gasteiger partial charge in [0.25, 0.3) is 0 Å². The van der Waals surface area contributed by atoms with Crippen LogP contribution in [-0.4, -0.2) is 48.7 Å². The molecule has 1 aliphatic heterocycles. The van der Waals surface area contributed by atoms with Gasteiger partial charge in [0, 0.05) is 12.8 Å². The lowest BCUT2D eigenvalue weighted by Gasteiger charge is -2.33. The summed E-state index contributed by atoms with van der Waals surface area (Å²) in [4.78, 5) is 38.3. The number of carboxylic acids is 1. The van der Waals surface area contributed by atoms with Gasteiger partial charge in [-0.1, -0.05) is 78.9 Å². The fourth-order valence-electron chi connectivity index (χ4n) is 4.01. The Morgan fingerprint density at radius 2 is 1.67 bits per heavy atom. The third-order valence-corrected chi connectivity index (χ3v) is 10.2. The van der Waals surface area contributed by atoms with Gasteiger partial charge in [-0.2, -0.15) is 0 Å². The first-order chi connectivity index (χ1) is 14.3. The number of cyclic esters (lactones) is 1. The van der Waals surface area contributed by atoms with E-state index in [4.69, 9.17) is 4.74 Å². The van der Waals surface area contributed by atoms with Crippen LogP contribution < -0.4 is 5.19 Å². The van der Waals surface area contributed by atoms with Crippen LogP contribution in [0.15, 0.2) is 60.7 Å². The summed E-state index contributed by atoms with van der Waals surface area (Å²) in [6.07, 6.45) is -0.219. The van der Waals surface area contributed by atoms with Crippen molar-refractivity contribution in [3.8, 4) is 0 Å². The number of carbonyl (C=O) groups is 3. The number of nitrogens with zero attached hydrogens (tertiary/aromatic N) is 1. The molecule has 2 aromatic rings. The molecule has 6 nitrogen and oxygen atoms in total. The van der Waals surface area contributed by atoms with Gasteiger partial charge in [0.2, 0.25) is 5.91 Å². The highest BCUT2D eigenvalue weighted by atomic mass is 28.3. The molecule has 0 unspecified atom stereocenters. The fraction of sp³-hybridized carbons (Fsp3) is 0.348. The molecule has 158 valence electrons. The Hall–Kier alpha value is -2.93. The van der Waals surface area contributed by atoms with Crippen molar-refractivity contribution in [2.75, 3.05) is 6.61 Å². The van der Waals surface area contributed by atoms with Gasteiger partial charge < -0.3 is 9.84 Å². The third kappa shape index (κ3) is 4.97. The fourth-order valence-corrected chi connectivity index (χ4v) is 6.90. The molecular weight excluding hydrogens is 398 g/mol. The van der Waals surface area contributed by atoms with Gasteiger partial charge in [-0.3, -0.25) is 9.59 Å². The Bertz CT molecular complexity index is 900. The Morgan fingerprint density at radius 1 is 1.07 bits per heavy atom. The molecular formula is C23H27NO5Si. The number of carbonyl (C=O) groups excluding carboxylic acids is 2. The molecule has 2 amide bonds. The number of amides is 2. The van der Waals surface area contributed by atoms with E-state index in [1.165, 1.54) is 4.90 Å². The zero-order valence-electron chi connectivity index (χ0n) is 17.3. The first-order valence-corrected chi connectivity index (χ1v) is 13.2. The Kier molecular flexibility index (Phi) is 6.72. The normalized spacial score (nSPS) is 17.5. The standard InChI is InChI=1S/C23H27NO5Si/c1-30(2,19-11-7-4-8-12-19)20(15-22(26)27)14-21(25)24-18(16-29-23(24)28)13-17-9-5-3-6-10-17/h3-12,18,20H,13-16H2,1-2H3,(H,26,27)/t18-,20-/m0/s1. The zero-order chi connectivity index (χ0) is 21.7. The largest absolute Gasteiger partial charge is 0.481 e.